The number of carbonyl (C=O) groups excluding carboxylic acids is 3. The highest BCUT2D eigenvalue weighted by molar-refractivity contribution is 7.08. The summed E-state index contributed by atoms with van der Waals surface area (Å²) in [6.45, 7) is 0.753. The van der Waals surface area contributed by atoms with Gasteiger partial charge in [-0.2, -0.15) is 11.3 Å². The van der Waals surface area contributed by atoms with E-state index < -0.39 is 6.04 Å². The lowest BCUT2D eigenvalue weighted by Crippen LogP contribution is -2.59. The highest BCUT2D eigenvalue weighted by Gasteiger charge is 2.40. The maximum Gasteiger partial charge on any atom is 0.289 e. The van der Waals surface area contributed by atoms with Crippen LogP contribution in [0.2, 0.25) is 0 Å². The highest BCUT2D eigenvalue weighted by Crippen LogP contribution is 2.31. The van der Waals surface area contributed by atoms with Gasteiger partial charge in [0.05, 0.1) is 24.1 Å². The van der Waals surface area contributed by atoms with Crippen LogP contribution in [-0.4, -0.2) is 53.2 Å². The molecule has 1 aromatic carbocycles. The average Bonchev–Trinajstić information content (AvgIpc) is 3.45. The number of piperazine rings is 1. The van der Waals surface area contributed by atoms with Crippen molar-refractivity contribution < 1.29 is 18.8 Å². The second kappa shape index (κ2) is 6.89. The van der Waals surface area contributed by atoms with Gasteiger partial charge in [-0.1, -0.05) is 6.07 Å². The van der Waals surface area contributed by atoms with Gasteiger partial charge < -0.3 is 19.5 Å². The number of nitrogens with one attached hydrogen (secondary N) is 1. The number of furan rings is 1. The molecule has 1 N–H and O–H groups in total. The summed E-state index contributed by atoms with van der Waals surface area (Å²) in [5.74, 6) is -0.554. The van der Waals surface area contributed by atoms with E-state index in [1.165, 1.54) is 6.26 Å². The Hall–Kier alpha value is -3.39. The maximum absolute atomic E-state index is 13.3. The van der Waals surface area contributed by atoms with Gasteiger partial charge in [-0.05, 0) is 52.2 Å². The number of amides is 3. The third kappa shape index (κ3) is 3.01. The molecule has 0 saturated carbocycles. The van der Waals surface area contributed by atoms with Crippen LogP contribution >= 0.6 is 11.3 Å². The van der Waals surface area contributed by atoms with Crippen molar-refractivity contribution in [3.05, 3.63) is 64.7 Å². The lowest BCUT2D eigenvalue weighted by molar-refractivity contribution is -0.121. The Kier molecular flexibility index (Phi) is 4.21. The molecule has 7 nitrogen and oxygen atoms in total. The van der Waals surface area contributed by atoms with Gasteiger partial charge >= 0.3 is 0 Å². The molecule has 29 heavy (non-hydrogen) atoms. The summed E-state index contributed by atoms with van der Waals surface area (Å²) in [7, 11) is 0. The molecule has 2 aliphatic heterocycles. The molecule has 0 bridgehead atoms. The van der Waals surface area contributed by atoms with Crippen molar-refractivity contribution in [2.24, 2.45) is 0 Å². The van der Waals surface area contributed by atoms with Crippen molar-refractivity contribution >= 4 is 34.7 Å². The number of anilines is 1. The number of thiophene rings is 1. The third-order valence-electron chi connectivity index (χ3n) is 5.33. The molecule has 8 heteroatoms. The summed E-state index contributed by atoms with van der Waals surface area (Å²) >= 11 is 1.59. The summed E-state index contributed by atoms with van der Waals surface area (Å²) in [4.78, 5) is 41.8. The zero-order chi connectivity index (χ0) is 20.0. The van der Waals surface area contributed by atoms with E-state index in [-0.39, 0.29) is 36.6 Å². The van der Waals surface area contributed by atoms with Crippen molar-refractivity contribution in [1.29, 1.82) is 0 Å². The molecule has 4 heterocycles. The lowest BCUT2D eigenvalue weighted by atomic mass is 10.0. The largest absolute Gasteiger partial charge is 0.459 e. The van der Waals surface area contributed by atoms with Gasteiger partial charge in [0, 0.05) is 13.1 Å². The van der Waals surface area contributed by atoms with Gasteiger partial charge in [0.1, 0.15) is 6.04 Å². The number of rotatable bonds is 2. The molecule has 0 spiro atoms. The Bertz CT molecular complexity index is 1090. The molecule has 1 saturated heterocycles. The Balaban J connectivity index is 1.45. The van der Waals surface area contributed by atoms with Crippen molar-refractivity contribution in [2.75, 3.05) is 25.0 Å². The molecule has 5 rings (SSSR count). The highest BCUT2D eigenvalue weighted by atomic mass is 32.1. The predicted molar refractivity (Wildman–Crippen MR) is 108 cm³/mol. The maximum atomic E-state index is 13.3. The molecule has 146 valence electrons. The van der Waals surface area contributed by atoms with Crippen LogP contribution in [0, 0.1) is 0 Å². The molecule has 0 radical (unpaired) electrons. The SMILES string of the molecule is O=C1Nc2ccc(-c3ccsc3)cc2C(=O)N2CCN(C(=O)c3ccco3)C[C@@H]12. The lowest BCUT2D eigenvalue weighted by Gasteiger charge is -2.38. The van der Waals surface area contributed by atoms with Gasteiger partial charge in [-0.3, -0.25) is 14.4 Å². The Morgan fingerprint density at radius 1 is 1.14 bits per heavy atom. The fraction of sp³-hybridized carbons (Fsp3) is 0.190. The first-order chi connectivity index (χ1) is 14.1. The number of hydrogen-bond donors (Lipinski definition) is 1. The fourth-order valence-corrected chi connectivity index (χ4v) is 4.47. The zero-order valence-corrected chi connectivity index (χ0v) is 16.1. The summed E-state index contributed by atoms with van der Waals surface area (Å²) in [6.07, 6.45) is 1.44. The van der Waals surface area contributed by atoms with Gasteiger partial charge in [0.25, 0.3) is 11.8 Å². The van der Waals surface area contributed by atoms with E-state index >= 15 is 0 Å². The van der Waals surface area contributed by atoms with E-state index in [2.05, 4.69) is 5.32 Å². The molecule has 2 aromatic heterocycles. The van der Waals surface area contributed by atoms with E-state index in [1.807, 2.05) is 29.0 Å². The monoisotopic (exact) mass is 407 g/mol. The van der Waals surface area contributed by atoms with Gasteiger partial charge in [0.2, 0.25) is 5.91 Å². The van der Waals surface area contributed by atoms with E-state index in [0.29, 0.717) is 17.8 Å². The minimum absolute atomic E-state index is 0.127. The molecule has 3 aromatic rings. The second-order valence-electron chi connectivity index (χ2n) is 7.00. The Morgan fingerprint density at radius 2 is 2.03 bits per heavy atom. The molecule has 1 fully saturated rings. The van der Waals surface area contributed by atoms with E-state index in [9.17, 15) is 14.4 Å². The molecule has 2 aliphatic rings. The van der Waals surface area contributed by atoms with Crippen LogP contribution in [-0.2, 0) is 4.79 Å². The van der Waals surface area contributed by atoms with Gasteiger partial charge in [0.15, 0.2) is 5.76 Å². The van der Waals surface area contributed by atoms with Gasteiger partial charge in [-0.15, -0.1) is 0 Å². The first kappa shape index (κ1) is 17.7. The van der Waals surface area contributed by atoms with Crippen LogP contribution in [0.1, 0.15) is 20.9 Å². The van der Waals surface area contributed by atoms with Crippen LogP contribution in [0.4, 0.5) is 5.69 Å². The molecule has 3 amide bonds. The Morgan fingerprint density at radius 3 is 2.79 bits per heavy atom. The van der Waals surface area contributed by atoms with Crippen molar-refractivity contribution in [2.45, 2.75) is 6.04 Å². The number of hydrogen-bond acceptors (Lipinski definition) is 5. The number of benzene rings is 1. The van der Waals surface area contributed by atoms with Crippen LogP contribution in [0.3, 0.4) is 0 Å². The normalized spacial score (nSPS) is 18.7. The van der Waals surface area contributed by atoms with E-state index in [0.717, 1.165) is 11.1 Å². The Labute approximate surface area is 170 Å². The third-order valence-corrected chi connectivity index (χ3v) is 6.01. The molecular formula is C21H17N3O4S. The zero-order valence-electron chi connectivity index (χ0n) is 15.3. The second-order valence-corrected chi connectivity index (χ2v) is 7.78. The van der Waals surface area contributed by atoms with Crippen LogP contribution in [0.25, 0.3) is 11.1 Å². The van der Waals surface area contributed by atoms with Crippen LogP contribution < -0.4 is 5.32 Å². The van der Waals surface area contributed by atoms with Gasteiger partial charge in [-0.25, -0.2) is 0 Å². The molecular weight excluding hydrogens is 390 g/mol. The first-order valence-electron chi connectivity index (χ1n) is 9.23. The number of carbonyl (C=O) groups is 3. The van der Waals surface area contributed by atoms with Crippen LogP contribution in [0.15, 0.2) is 57.8 Å². The topological polar surface area (TPSA) is 82.9 Å². The molecule has 0 aliphatic carbocycles. The van der Waals surface area contributed by atoms with Crippen molar-refractivity contribution in [3.8, 4) is 11.1 Å². The number of fused-ring (bicyclic) bond motifs is 2. The van der Waals surface area contributed by atoms with E-state index in [1.54, 1.807) is 39.3 Å². The summed E-state index contributed by atoms with van der Waals surface area (Å²) in [6, 6.07) is 9.97. The minimum Gasteiger partial charge on any atom is -0.459 e. The average molecular weight is 407 g/mol. The summed E-state index contributed by atoms with van der Waals surface area (Å²) in [5, 5.41) is 6.86. The molecule has 1 atom stereocenters. The van der Waals surface area contributed by atoms with Crippen molar-refractivity contribution in [3.63, 3.8) is 0 Å². The molecule has 0 unspecified atom stereocenters. The smallest absolute Gasteiger partial charge is 0.289 e. The fourth-order valence-electron chi connectivity index (χ4n) is 3.80. The van der Waals surface area contributed by atoms with E-state index in [4.69, 9.17) is 4.42 Å². The first-order valence-corrected chi connectivity index (χ1v) is 10.2. The predicted octanol–water partition coefficient (Wildman–Crippen LogP) is 2.93. The summed E-state index contributed by atoms with van der Waals surface area (Å²) in [5.41, 5.74) is 2.93. The summed E-state index contributed by atoms with van der Waals surface area (Å²) < 4.78 is 5.18. The van der Waals surface area contributed by atoms with Crippen molar-refractivity contribution in [1.82, 2.24) is 9.80 Å². The standard InChI is InChI=1S/C21H17N3O4S/c25-19-17-11-23(21(27)18-2-1-8-28-18)6-7-24(17)20(26)15-10-13(3-4-16(15)22-19)14-5-9-29-12-14/h1-5,8-10,12,17H,6-7,11H2,(H,22,25)/t17-/m0/s1. The quantitative estimate of drug-likeness (QED) is 0.708. The number of nitrogens with zero attached hydrogens (tertiary/aromatic N) is 2. The van der Waals surface area contributed by atoms with Crippen LogP contribution in [0.5, 0.6) is 0 Å². The minimum atomic E-state index is -0.743.